The van der Waals surface area contributed by atoms with Crippen molar-refractivity contribution >= 4 is 10.0 Å². The van der Waals surface area contributed by atoms with Crippen molar-refractivity contribution < 1.29 is 13.2 Å². The van der Waals surface area contributed by atoms with Crippen LogP contribution in [0, 0.1) is 0 Å². The van der Waals surface area contributed by atoms with Crippen molar-refractivity contribution in [1.29, 1.82) is 0 Å². The van der Waals surface area contributed by atoms with Crippen molar-refractivity contribution in [3.63, 3.8) is 0 Å². The van der Waals surface area contributed by atoms with Gasteiger partial charge in [-0.1, -0.05) is 33.8 Å². The Morgan fingerprint density at radius 1 is 1.26 bits per heavy atom. The summed E-state index contributed by atoms with van der Waals surface area (Å²) < 4.78 is 32.2. The Morgan fingerprint density at radius 2 is 1.89 bits per heavy atom. The number of ether oxygens (including phenoxy) is 1. The predicted molar refractivity (Wildman–Crippen MR) is 77.2 cm³/mol. The van der Waals surface area contributed by atoms with Gasteiger partial charge in [0.15, 0.2) is 0 Å². The Bertz CT molecular complexity index is 530. The highest BCUT2D eigenvalue weighted by Crippen LogP contribution is 2.30. The Morgan fingerprint density at radius 3 is 2.37 bits per heavy atom. The number of benzene rings is 1. The molecule has 0 atom stereocenters. The fourth-order valence-corrected chi connectivity index (χ4v) is 2.99. The first-order valence-electron chi connectivity index (χ1n) is 6.40. The normalized spacial score (nSPS) is 12.5. The third kappa shape index (κ3) is 3.94. The Labute approximate surface area is 116 Å². The lowest BCUT2D eigenvalue weighted by atomic mass is 9.87. The molecule has 0 unspecified atom stereocenters. The van der Waals surface area contributed by atoms with Crippen LogP contribution >= 0.6 is 0 Å². The molecule has 1 N–H and O–H groups in total. The van der Waals surface area contributed by atoms with Crippen LogP contribution in [0.4, 0.5) is 0 Å². The molecule has 0 spiro atoms. The molecule has 0 aliphatic heterocycles. The molecule has 0 heterocycles. The van der Waals surface area contributed by atoms with E-state index < -0.39 is 10.0 Å². The number of nitrogens with one attached hydrogen (secondary N) is 1. The molecule has 1 aromatic rings. The molecule has 0 fully saturated rings. The maximum Gasteiger partial charge on any atom is 0.244 e. The van der Waals surface area contributed by atoms with Crippen LogP contribution in [0.1, 0.15) is 39.7 Å². The van der Waals surface area contributed by atoms with E-state index in [4.69, 9.17) is 4.74 Å². The summed E-state index contributed by atoms with van der Waals surface area (Å²) in [6.07, 6.45) is 0.751. The van der Waals surface area contributed by atoms with Gasteiger partial charge in [0.05, 0.1) is 7.11 Å². The average molecular weight is 285 g/mol. The molecule has 0 aromatic heterocycles. The average Bonchev–Trinajstić information content (AvgIpc) is 2.34. The Kier molecular flexibility index (Phi) is 4.98. The van der Waals surface area contributed by atoms with Crippen LogP contribution in [0.3, 0.4) is 0 Å². The van der Waals surface area contributed by atoms with Crippen LogP contribution in [0.5, 0.6) is 5.75 Å². The lowest BCUT2D eigenvalue weighted by Gasteiger charge is -2.21. The second-order valence-electron chi connectivity index (χ2n) is 5.51. The molecule has 0 aliphatic carbocycles. The van der Waals surface area contributed by atoms with Gasteiger partial charge in [0, 0.05) is 6.54 Å². The van der Waals surface area contributed by atoms with Crippen molar-refractivity contribution in [1.82, 2.24) is 4.72 Å². The predicted octanol–water partition coefficient (Wildman–Crippen LogP) is 2.68. The summed E-state index contributed by atoms with van der Waals surface area (Å²) in [5.74, 6) is 0.372. The minimum absolute atomic E-state index is 0.110. The van der Waals surface area contributed by atoms with Gasteiger partial charge in [0.25, 0.3) is 0 Å². The highest BCUT2D eigenvalue weighted by Gasteiger charge is 2.22. The van der Waals surface area contributed by atoms with Crippen molar-refractivity contribution in [3.05, 3.63) is 23.8 Å². The van der Waals surface area contributed by atoms with E-state index in [-0.39, 0.29) is 10.3 Å². The van der Waals surface area contributed by atoms with E-state index in [1.54, 1.807) is 12.1 Å². The van der Waals surface area contributed by atoms with Crippen LogP contribution in [0.2, 0.25) is 0 Å². The maximum atomic E-state index is 12.3. The monoisotopic (exact) mass is 285 g/mol. The summed E-state index contributed by atoms with van der Waals surface area (Å²) in [6, 6.07) is 5.30. The molecule has 0 saturated carbocycles. The van der Waals surface area contributed by atoms with E-state index >= 15 is 0 Å². The van der Waals surface area contributed by atoms with Crippen LogP contribution in [0.25, 0.3) is 0 Å². The minimum Gasteiger partial charge on any atom is -0.495 e. The molecular formula is C14H23NO3S. The molecular weight excluding hydrogens is 262 g/mol. The van der Waals surface area contributed by atoms with Gasteiger partial charge in [-0.05, 0) is 29.5 Å². The number of methoxy groups -OCH3 is 1. The molecule has 0 radical (unpaired) electrons. The molecule has 0 aliphatic rings. The van der Waals surface area contributed by atoms with Gasteiger partial charge >= 0.3 is 0 Å². The van der Waals surface area contributed by atoms with E-state index in [0.717, 1.165) is 12.0 Å². The molecule has 0 amide bonds. The lowest BCUT2D eigenvalue weighted by molar-refractivity contribution is 0.401. The summed E-state index contributed by atoms with van der Waals surface area (Å²) in [4.78, 5) is 0.205. The van der Waals surface area contributed by atoms with E-state index in [2.05, 4.69) is 4.72 Å². The van der Waals surface area contributed by atoms with Gasteiger partial charge in [-0.2, -0.15) is 0 Å². The van der Waals surface area contributed by atoms with E-state index in [0.29, 0.717) is 12.3 Å². The van der Waals surface area contributed by atoms with Crippen LogP contribution in [-0.4, -0.2) is 22.1 Å². The number of sulfonamides is 1. The summed E-state index contributed by atoms with van der Waals surface area (Å²) in [5, 5.41) is 0. The third-order valence-corrected chi connectivity index (χ3v) is 4.34. The molecule has 0 saturated heterocycles. The van der Waals surface area contributed by atoms with E-state index in [1.807, 2.05) is 33.8 Å². The Hall–Kier alpha value is -1.07. The summed E-state index contributed by atoms with van der Waals surface area (Å²) in [7, 11) is -2.05. The van der Waals surface area contributed by atoms with E-state index in [9.17, 15) is 8.42 Å². The Balaban J connectivity index is 3.31. The summed E-state index contributed by atoms with van der Waals surface area (Å²) >= 11 is 0. The number of hydrogen-bond acceptors (Lipinski definition) is 3. The van der Waals surface area contributed by atoms with Crippen molar-refractivity contribution in [2.45, 2.75) is 44.4 Å². The van der Waals surface area contributed by atoms with Gasteiger partial charge in [-0.25, -0.2) is 13.1 Å². The quantitative estimate of drug-likeness (QED) is 0.905. The molecule has 1 aromatic carbocycles. The highest BCUT2D eigenvalue weighted by molar-refractivity contribution is 7.89. The van der Waals surface area contributed by atoms with Crippen LogP contribution < -0.4 is 9.46 Å². The van der Waals surface area contributed by atoms with Crippen molar-refractivity contribution in [2.24, 2.45) is 0 Å². The standard InChI is InChI=1S/C14H23NO3S/c1-6-9-15-19(16,17)13-10-11(14(2,3)4)7-8-12(13)18-5/h7-8,10,15H,6,9H2,1-5H3. The number of rotatable bonds is 5. The zero-order valence-corrected chi connectivity index (χ0v) is 13.1. The lowest BCUT2D eigenvalue weighted by Crippen LogP contribution is -2.25. The van der Waals surface area contributed by atoms with Crippen LogP contribution in [0.15, 0.2) is 23.1 Å². The first-order valence-corrected chi connectivity index (χ1v) is 7.89. The molecule has 19 heavy (non-hydrogen) atoms. The van der Waals surface area contributed by atoms with E-state index in [1.165, 1.54) is 7.11 Å². The van der Waals surface area contributed by atoms with Gasteiger partial charge in [0.1, 0.15) is 10.6 Å². The van der Waals surface area contributed by atoms with Gasteiger partial charge in [-0.3, -0.25) is 0 Å². The zero-order valence-electron chi connectivity index (χ0n) is 12.3. The molecule has 108 valence electrons. The largest absolute Gasteiger partial charge is 0.495 e. The molecule has 5 heteroatoms. The topological polar surface area (TPSA) is 55.4 Å². The first kappa shape index (κ1) is 16.0. The molecule has 1 rings (SSSR count). The third-order valence-electron chi connectivity index (χ3n) is 2.86. The summed E-state index contributed by atoms with van der Waals surface area (Å²) in [6.45, 7) is 8.48. The van der Waals surface area contributed by atoms with Crippen molar-refractivity contribution in [3.8, 4) is 5.75 Å². The summed E-state index contributed by atoms with van der Waals surface area (Å²) in [5.41, 5.74) is 0.853. The first-order chi connectivity index (χ1) is 8.72. The maximum absolute atomic E-state index is 12.3. The van der Waals surface area contributed by atoms with Gasteiger partial charge < -0.3 is 4.74 Å². The van der Waals surface area contributed by atoms with Crippen LogP contribution in [-0.2, 0) is 15.4 Å². The molecule has 0 bridgehead atoms. The fraction of sp³-hybridized carbons (Fsp3) is 0.571. The minimum atomic E-state index is -3.52. The number of hydrogen-bond donors (Lipinski definition) is 1. The fourth-order valence-electron chi connectivity index (χ4n) is 1.67. The second kappa shape index (κ2) is 5.92. The van der Waals surface area contributed by atoms with Crippen molar-refractivity contribution in [2.75, 3.05) is 13.7 Å². The zero-order chi connectivity index (χ0) is 14.7. The smallest absolute Gasteiger partial charge is 0.244 e. The SMILES string of the molecule is CCCNS(=O)(=O)c1cc(C(C)(C)C)ccc1OC. The second-order valence-corrected chi connectivity index (χ2v) is 7.25. The molecule has 4 nitrogen and oxygen atoms in total. The van der Waals surface area contributed by atoms with Gasteiger partial charge in [-0.15, -0.1) is 0 Å². The van der Waals surface area contributed by atoms with Gasteiger partial charge in [0.2, 0.25) is 10.0 Å². The highest BCUT2D eigenvalue weighted by atomic mass is 32.2.